The Bertz CT molecular complexity index is 506. The van der Waals surface area contributed by atoms with Crippen LogP contribution < -0.4 is 0 Å². The largest absolute Gasteiger partial charge is 0.388 e. The molecule has 0 spiro atoms. The average molecular weight is 228 g/mol. The molecule has 3 atom stereocenters. The highest BCUT2D eigenvalue weighted by molar-refractivity contribution is 5.28. The first kappa shape index (κ1) is 10.5. The molecule has 3 heteroatoms. The van der Waals surface area contributed by atoms with Gasteiger partial charge in [-0.05, 0) is 23.8 Å². The maximum atomic E-state index is 10.3. The van der Waals surface area contributed by atoms with Gasteiger partial charge in [-0.15, -0.1) is 0 Å². The zero-order chi connectivity index (χ0) is 11.8. The molecular weight excluding hydrogens is 212 g/mol. The van der Waals surface area contributed by atoms with E-state index < -0.39 is 0 Å². The van der Waals surface area contributed by atoms with Crippen molar-refractivity contribution < 1.29 is 5.11 Å². The molecule has 1 aromatic carbocycles. The van der Waals surface area contributed by atoms with Crippen molar-refractivity contribution in [1.82, 2.24) is 9.78 Å². The zero-order valence-electron chi connectivity index (χ0n) is 9.82. The number of aromatic nitrogens is 2. The summed E-state index contributed by atoms with van der Waals surface area (Å²) in [4.78, 5) is 0. The summed E-state index contributed by atoms with van der Waals surface area (Å²) in [5.74, 6) is 0.855. The molecule has 3 nitrogen and oxygen atoms in total. The molecule has 1 N–H and O–H groups in total. The van der Waals surface area contributed by atoms with Crippen LogP contribution in [0, 0.1) is 5.92 Å². The van der Waals surface area contributed by atoms with E-state index in [9.17, 15) is 5.11 Å². The van der Waals surface area contributed by atoms with Gasteiger partial charge < -0.3 is 5.11 Å². The normalized spacial score (nSPS) is 24.6. The van der Waals surface area contributed by atoms with Crippen LogP contribution >= 0.6 is 0 Å². The maximum Gasteiger partial charge on any atom is 0.0854 e. The van der Waals surface area contributed by atoms with Crippen molar-refractivity contribution in [2.45, 2.75) is 18.4 Å². The topological polar surface area (TPSA) is 38.0 Å². The van der Waals surface area contributed by atoms with Crippen molar-refractivity contribution in [2.24, 2.45) is 13.0 Å². The molecule has 0 aliphatic heterocycles. The van der Waals surface area contributed by atoms with Crippen molar-refractivity contribution in [3.8, 4) is 0 Å². The van der Waals surface area contributed by atoms with E-state index >= 15 is 0 Å². The third-order valence-electron chi connectivity index (χ3n) is 3.54. The quantitative estimate of drug-likeness (QED) is 0.875. The van der Waals surface area contributed by atoms with Crippen LogP contribution in [0.2, 0.25) is 0 Å². The molecule has 1 aromatic heterocycles. The van der Waals surface area contributed by atoms with Gasteiger partial charge in [-0.25, -0.2) is 0 Å². The summed E-state index contributed by atoms with van der Waals surface area (Å²) in [6, 6.07) is 10.4. The summed E-state index contributed by atoms with van der Waals surface area (Å²) in [5, 5.41) is 14.4. The Labute approximate surface area is 101 Å². The lowest BCUT2D eigenvalue weighted by atomic mass is 10.0. The number of benzene rings is 1. The molecule has 2 aromatic rings. The smallest absolute Gasteiger partial charge is 0.0854 e. The molecule has 88 valence electrons. The van der Waals surface area contributed by atoms with Crippen molar-refractivity contribution >= 4 is 0 Å². The van der Waals surface area contributed by atoms with Gasteiger partial charge in [0.1, 0.15) is 0 Å². The number of aryl methyl sites for hydroxylation is 1. The number of aliphatic hydroxyl groups excluding tert-OH is 1. The van der Waals surface area contributed by atoms with E-state index in [0.29, 0.717) is 11.8 Å². The fraction of sp³-hybridized carbons (Fsp3) is 0.357. The van der Waals surface area contributed by atoms with Crippen LogP contribution in [0.3, 0.4) is 0 Å². The van der Waals surface area contributed by atoms with Gasteiger partial charge in [-0.2, -0.15) is 5.10 Å². The third kappa shape index (κ3) is 1.98. The Morgan fingerprint density at radius 1 is 1.35 bits per heavy atom. The zero-order valence-corrected chi connectivity index (χ0v) is 9.82. The first-order valence-corrected chi connectivity index (χ1v) is 5.97. The van der Waals surface area contributed by atoms with E-state index in [-0.39, 0.29) is 6.10 Å². The third-order valence-corrected chi connectivity index (χ3v) is 3.54. The van der Waals surface area contributed by atoms with Gasteiger partial charge >= 0.3 is 0 Å². The highest BCUT2D eigenvalue weighted by atomic mass is 16.3. The number of hydrogen-bond donors (Lipinski definition) is 1. The van der Waals surface area contributed by atoms with Crippen LogP contribution in [-0.2, 0) is 7.05 Å². The minimum absolute atomic E-state index is 0.349. The van der Waals surface area contributed by atoms with Crippen LogP contribution in [-0.4, -0.2) is 14.9 Å². The van der Waals surface area contributed by atoms with E-state index in [1.54, 1.807) is 10.9 Å². The Balaban J connectivity index is 1.73. The molecule has 3 rings (SSSR count). The fourth-order valence-corrected chi connectivity index (χ4v) is 2.49. The SMILES string of the molecule is Cn1cc(C(O)C2CC2c2ccccc2)cn1. The van der Waals surface area contributed by atoms with Crippen LogP contribution in [0.5, 0.6) is 0 Å². The molecule has 0 bridgehead atoms. The summed E-state index contributed by atoms with van der Waals surface area (Å²) in [7, 11) is 1.87. The second-order valence-electron chi connectivity index (χ2n) is 4.81. The average Bonchev–Trinajstić information content (AvgIpc) is 3.05. The predicted octanol–water partition coefficient (Wildman–Crippen LogP) is 2.26. The van der Waals surface area contributed by atoms with Crippen LogP contribution in [0.15, 0.2) is 42.7 Å². The molecule has 3 unspecified atom stereocenters. The summed E-state index contributed by atoms with van der Waals surface area (Å²) in [6.45, 7) is 0. The van der Waals surface area contributed by atoms with Crippen LogP contribution in [0.1, 0.15) is 29.6 Å². The summed E-state index contributed by atoms with van der Waals surface area (Å²) in [5.41, 5.74) is 2.26. The molecule has 1 saturated carbocycles. The molecule has 1 aliphatic carbocycles. The fourth-order valence-electron chi connectivity index (χ4n) is 2.49. The second-order valence-corrected chi connectivity index (χ2v) is 4.81. The molecular formula is C14H16N2O. The maximum absolute atomic E-state index is 10.3. The van der Waals surface area contributed by atoms with Gasteiger partial charge in [0.15, 0.2) is 0 Å². The summed E-state index contributed by atoms with van der Waals surface area (Å²) in [6.07, 6.45) is 4.34. The second kappa shape index (κ2) is 4.00. The molecule has 1 fully saturated rings. The highest BCUT2D eigenvalue weighted by Gasteiger charge is 2.44. The first-order valence-electron chi connectivity index (χ1n) is 5.97. The number of aliphatic hydroxyl groups is 1. The first-order chi connectivity index (χ1) is 8.25. The lowest BCUT2D eigenvalue weighted by Crippen LogP contribution is -2.00. The Morgan fingerprint density at radius 3 is 2.76 bits per heavy atom. The van der Waals surface area contributed by atoms with Gasteiger partial charge in [0.2, 0.25) is 0 Å². The lowest BCUT2D eigenvalue weighted by molar-refractivity contribution is 0.151. The molecule has 1 heterocycles. The standard InChI is InChI=1S/C14H16N2O/c1-16-9-11(8-15-16)14(17)13-7-12(13)10-5-3-2-4-6-10/h2-6,8-9,12-14,17H,7H2,1H3. The van der Waals surface area contributed by atoms with E-state index in [4.69, 9.17) is 0 Å². The summed E-state index contributed by atoms with van der Waals surface area (Å²) < 4.78 is 1.73. The predicted molar refractivity (Wildman–Crippen MR) is 65.5 cm³/mol. The van der Waals surface area contributed by atoms with Crippen molar-refractivity contribution in [1.29, 1.82) is 0 Å². The summed E-state index contributed by atoms with van der Waals surface area (Å²) >= 11 is 0. The van der Waals surface area contributed by atoms with Crippen molar-refractivity contribution in [3.05, 3.63) is 53.9 Å². The molecule has 0 radical (unpaired) electrons. The van der Waals surface area contributed by atoms with E-state index in [1.807, 2.05) is 19.3 Å². The van der Waals surface area contributed by atoms with Crippen LogP contribution in [0.25, 0.3) is 0 Å². The highest BCUT2D eigenvalue weighted by Crippen LogP contribution is 2.53. The Morgan fingerprint density at radius 2 is 2.12 bits per heavy atom. The van der Waals surface area contributed by atoms with E-state index in [0.717, 1.165) is 12.0 Å². The monoisotopic (exact) mass is 228 g/mol. The van der Waals surface area contributed by atoms with Gasteiger partial charge in [-0.3, -0.25) is 4.68 Å². The van der Waals surface area contributed by atoms with E-state index in [1.165, 1.54) is 5.56 Å². The van der Waals surface area contributed by atoms with Crippen LogP contribution in [0.4, 0.5) is 0 Å². The molecule has 1 aliphatic rings. The minimum Gasteiger partial charge on any atom is -0.388 e. The molecule has 17 heavy (non-hydrogen) atoms. The van der Waals surface area contributed by atoms with Gasteiger partial charge in [0, 0.05) is 18.8 Å². The molecule has 0 saturated heterocycles. The Kier molecular flexibility index (Phi) is 2.48. The molecule has 0 amide bonds. The number of nitrogens with zero attached hydrogens (tertiary/aromatic N) is 2. The van der Waals surface area contributed by atoms with Crippen molar-refractivity contribution in [2.75, 3.05) is 0 Å². The van der Waals surface area contributed by atoms with Crippen molar-refractivity contribution in [3.63, 3.8) is 0 Å². The number of rotatable bonds is 3. The number of hydrogen-bond acceptors (Lipinski definition) is 2. The van der Waals surface area contributed by atoms with Gasteiger partial charge in [0.25, 0.3) is 0 Å². The Hall–Kier alpha value is -1.61. The van der Waals surface area contributed by atoms with Gasteiger partial charge in [-0.1, -0.05) is 30.3 Å². The van der Waals surface area contributed by atoms with E-state index in [2.05, 4.69) is 29.4 Å². The lowest BCUT2D eigenvalue weighted by Gasteiger charge is -2.07. The van der Waals surface area contributed by atoms with Gasteiger partial charge in [0.05, 0.1) is 12.3 Å². The minimum atomic E-state index is -0.381.